The number of hydrogen-bond donors (Lipinski definition) is 1. The summed E-state index contributed by atoms with van der Waals surface area (Å²) in [6, 6.07) is 10.4. The largest absolute Gasteiger partial charge is 0.385 e. The minimum Gasteiger partial charge on any atom is -0.385 e. The molecule has 1 N–H and O–H groups in total. The molecule has 0 aromatic heterocycles. The van der Waals surface area contributed by atoms with Gasteiger partial charge in [-0.05, 0) is 31.4 Å². The summed E-state index contributed by atoms with van der Waals surface area (Å²) in [6.45, 7) is 3.25. The van der Waals surface area contributed by atoms with Gasteiger partial charge < -0.3 is 5.32 Å². The first-order valence-corrected chi connectivity index (χ1v) is 6.68. The SMILES string of the molecule is CCCCC#CCCCCNc1ccccc1. The van der Waals surface area contributed by atoms with Crippen LogP contribution in [0.1, 0.15) is 45.4 Å². The van der Waals surface area contributed by atoms with Crippen LogP contribution in [-0.4, -0.2) is 6.54 Å². The van der Waals surface area contributed by atoms with Crippen molar-refractivity contribution in [2.45, 2.75) is 45.4 Å². The lowest BCUT2D eigenvalue weighted by Crippen LogP contribution is -2.00. The number of hydrogen-bond acceptors (Lipinski definition) is 1. The number of benzene rings is 1. The van der Waals surface area contributed by atoms with Crippen LogP contribution in [0.25, 0.3) is 0 Å². The normalized spacial score (nSPS) is 9.47. The van der Waals surface area contributed by atoms with Crippen molar-refractivity contribution >= 4 is 5.69 Å². The van der Waals surface area contributed by atoms with Gasteiger partial charge in [0, 0.05) is 25.1 Å². The van der Waals surface area contributed by atoms with Gasteiger partial charge in [0.25, 0.3) is 0 Å². The average Bonchev–Trinajstić information content (AvgIpc) is 2.38. The minimum absolute atomic E-state index is 1.04. The van der Waals surface area contributed by atoms with Gasteiger partial charge in [0.05, 0.1) is 0 Å². The predicted molar refractivity (Wildman–Crippen MR) is 76.1 cm³/mol. The molecule has 0 saturated heterocycles. The lowest BCUT2D eigenvalue weighted by atomic mass is 10.2. The second-order valence-electron chi connectivity index (χ2n) is 4.21. The van der Waals surface area contributed by atoms with Crippen molar-refractivity contribution in [3.05, 3.63) is 30.3 Å². The third kappa shape index (κ3) is 7.47. The topological polar surface area (TPSA) is 12.0 Å². The molecule has 0 amide bonds. The van der Waals surface area contributed by atoms with Gasteiger partial charge in [-0.3, -0.25) is 0 Å². The molecule has 0 spiro atoms. The third-order valence-electron chi connectivity index (χ3n) is 2.61. The smallest absolute Gasteiger partial charge is 0.0340 e. The summed E-state index contributed by atoms with van der Waals surface area (Å²) in [5.41, 5.74) is 1.21. The van der Waals surface area contributed by atoms with Crippen molar-refractivity contribution in [3.8, 4) is 11.8 Å². The Morgan fingerprint density at radius 3 is 2.35 bits per heavy atom. The molecule has 0 radical (unpaired) electrons. The van der Waals surface area contributed by atoms with Crippen molar-refractivity contribution < 1.29 is 0 Å². The number of anilines is 1. The number of para-hydroxylation sites is 1. The zero-order valence-electron chi connectivity index (χ0n) is 10.8. The average molecular weight is 229 g/mol. The van der Waals surface area contributed by atoms with Gasteiger partial charge in [-0.1, -0.05) is 31.5 Å². The van der Waals surface area contributed by atoms with Crippen LogP contribution in [0.5, 0.6) is 0 Å². The molecule has 0 unspecified atom stereocenters. The van der Waals surface area contributed by atoms with E-state index in [0.29, 0.717) is 0 Å². The fraction of sp³-hybridized carbons (Fsp3) is 0.500. The molecule has 0 aliphatic heterocycles. The van der Waals surface area contributed by atoms with Crippen LogP contribution in [0.2, 0.25) is 0 Å². The van der Waals surface area contributed by atoms with Gasteiger partial charge in [-0.2, -0.15) is 0 Å². The molecule has 0 saturated carbocycles. The monoisotopic (exact) mass is 229 g/mol. The van der Waals surface area contributed by atoms with Gasteiger partial charge in [0.15, 0.2) is 0 Å². The maximum absolute atomic E-state index is 3.41. The van der Waals surface area contributed by atoms with E-state index in [1.807, 2.05) is 6.07 Å². The molecule has 1 heteroatoms. The minimum atomic E-state index is 1.04. The van der Waals surface area contributed by atoms with E-state index < -0.39 is 0 Å². The van der Waals surface area contributed by atoms with Crippen LogP contribution < -0.4 is 5.32 Å². The highest BCUT2D eigenvalue weighted by Crippen LogP contribution is 2.05. The molecular weight excluding hydrogens is 206 g/mol. The molecule has 92 valence electrons. The molecule has 0 aliphatic rings. The van der Waals surface area contributed by atoms with Crippen molar-refractivity contribution in [3.63, 3.8) is 0 Å². The van der Waals surface area contributed by atoms with Gasteiger partial charge in [0.1, 0.15) is 0 Å². The fourth-order valence-electron chi connectivity index (χ4n) is 1.57. The molecule has 0 bridgehead atoms. The summed E-state index contributed by atoms with van der Waals surface area (Å²) in [6.07, 6.45) is 6.98. The maximum atomic E-state index is 3.41. The zero-order valence-corrected chi connectivity index (χ0v) is 10.8. The highest BCUT2D eigenvalue weighted by Gasteiger charge is 1.89. The summed E-state index contributed by atoms with van der Waals surface area (Å²) in [5.74, 6) is 6.47. The predicted octanol–water partition coefficient (Wildman–Crippen LogP) is 4.46. The van der Waals surface area contributed by atoms with Crippen LogP contribution in [0.15, 0.2) is 30.3 Å². The quantitative estimate of drug-likeness (QED) is 0.537. The summed E-state index contributed by atoms with van der Waals surface area (Å²) >= 11 is 0. The van der Waals surface area contributed by atoms with Gasteiger partial charge in [-0.15, -0.1) is 11.8 Å². The molecule has 0 aliphatic carbocycles. The maximum Gasteiger partial charge on any atom is 0.0340 e. The van der Waals surface area contributed by atoms with E-state index in [-0.39, 0.29) is 0 Å². The first-order chi connectivity index (χ1) is 8.43. The second kappa shape index (κ2) is 9.78. The Balaban J connectivity index is 1.96. The van der Waals surface area contributed by atoms with Crippen LogP contribution >= 0.6 is 0 Å². The van der Waals surface area contributed by atoms with Gasteiger partial charge in [0.2, 0.25) is 0 Å². The molecular formula is C16H23N. The van der Waals surface area contributed by atoms with E-state index >= 15 is 0 Å². The third-order valence-corrected chi connectivity index (χ3v) is 2.61. The highest BCUT2D eigenvalue weighted by molar-refractivity contribution is 5.42. The highest BCUT2D eigenvalue weighted by atomic mass is 14.9. The van der Waals surface area contributed by atoms with Crippen molar-refractivity contribution in [1.29, 1.82) is 0 Å². The van der Waals surface area contributed by atoms with Crippen molar-refractivity contribution in [2.75, 3.05) is 11.9 Å². The van der Waals surface area contributed by atoms with Gasteiger partial charge in [-0.25, -0.2) is 0 Å². The molecule has 17 heavy (non-hydrogen) atoms. The molecule has 1 aromatic rings. The van der Waals surface area contributed by atoms with E-state index in [4.69, 9.17) is 0 Å². The Bertz CT molecular complexity index is 332. The molecule has 0 heterocycles. The van der Waals surface area contributed by atoms with E-state index in [9.17, 15) is 0 Å². The van der Waals surface area contributed by atoms with Crippen molar-refractivity contribution in [1.82, 2.24) is 0 Å². The summed E-state index contributed by atoms with van der Waals surface area (Å²) in [7, 11) is 0. The van der Waals surface area contributed by atoms with E-state index in [0.717, 1.165) is 19.4 Å². The first-order valence-electron chi connectivity index (χ1n) is 6.68. The zero-order chi connectivity index (χ0) is 12.2. The van der Waals surface area contributed by atoms with E-state index in [1.54, 1.807) is 0 Å². The Morgan fingerprint density at radius 2 is 1.65 bits per heavy atom. The molecule has 0 atom stereocenters. The Hall–Kier alpha value is -1.42. The van der Waals surface area contributed by atoms with E-state index in [2.05, 4.69) is 48.3 Å². The number of rotatable bonds is 7. The van der Waals surface area contributed by atoms with Crippen LogP contribution in [0.4, 0.5) is 5.69 Å². The Kier molecular flexibility index (Phi) is 7.85. The second-order valence-corrected chi connectivity index (χ2v) is 4.21. The van der Waals surface area contributed by atoms with Crippen molar-refractivity contribution in [2.24, 2.45) is 0 Å². The number of nitrogens with one attached hydrogen (secondary N) is 1. The molecule has 1 nitrogen and oxygen atoms in total. The fourth-order valence-corrected chi connectivity index (χ4v) is 1.57. The summed E-state index contributed by atoms with van der Waals surface area (Å²) in [5, 5.41) is 3.41. The Labute approximate surface area is 106 Å². The lowest BCUT2D eigenvalue weighted by Gasteiger charge is -2.04. The molecule has 0 fully saturated rings. The van der Waals surface area contributed by atoms with Gasteiger partial charge >= 0.3 is 0 Å². The summed E-state index contributed by atoms with van der Waals surface area (Å²) in [4.78, 5) is 0. The number of unbranched alkanes of at least 4 members (excludes halogenated alkanes) is 4. The molecule has 1 aromatic carbocycles. The standard InChI is InChI=1S/C16H23N/c1-2-3-4-5-6-7-8-12-15-17-16-13-10-9-11-14-16/h9-11,13-14,17H,2-4,7-8,12,15H2,1H3. The van der Waals surface area contributed by atoms with Crippen LogP contribution in [0, 0.1) is 11.8 Å². The molecule has 1 rings (SSSR count). The van der Waals surface area contributed by atoms with Crippen LogP contribution in [-0.2, 0) is 0 Å². The van der Waals surface area contributed by atoms with E-state index in [1.165, 1.54) is 31.4 Å². The van der Waals surface area contributed by atoms with Crippen LogP contribution in [0.3, 0.4) is 0 Å². The lowest BCUT2D eigenvalue weighted by molar-refractivity contribution is 0.786. The first kappa shape index (κ1) is 13.6. The summed E-state index contributed by atoms with van der Waals surface area (Å²) < 4.78 is 0. The Morgan fingerprint density at radius 1 is 0.941 bits per heavy atom.